The van der Waals surface area contributed by atoms with Crippen molar-refractivity contribution >= 4 is 39.5 Å². The normalized spacial score (nSPS) is 18.0. The van der Waals surface area contributed by atoms with Crippen LogP contribution in [0.3, 0.4) is 0 Å². The van der Waals surface area contributed by atoms with E-state index in [1.165, 1.54) is 0 Å². The maximum Gasteiger partial charge on any atom is 0.407 e. The van der Waals surface area contributed by atoms with Gasteiger partial charge in [0, 0.05) is 28.6 Å². The predicted octanol–water partition coefficient (Wildman–Crippen LogP) is 3.45. The molecule has 1 heterocycles. The van der Waals surface area contributed by atoms with Crippen LogP contribution in [0.5, 0.6) is 0 Å². The molecule has 0 aliphatic carbocycles. The van der Waals surface area contributed by atoms with Crippen molar-refractivity contribution < 1.29 is 14.3 Å². The highest BCUT2D eigenvalue weighted by Crippen LogP contribution is 2.24. The standard InChI is InChI=1S/C15H18BrClN2O3/c1-2-22-15(21)18-11-4-3-7-19(9-11)14(20)12-8-10(17)5-6-13(12)16/h5-6,8,11H,2-4,7,9H2,1H3,(H,18,21). The van der Waals surface area contributed by atoms with Gasteiger partial charge in [-0.25, -0.2) is 4.79 Å². The number of ether oxygens (including phenoxy) is 1. The van der Waals surface area contributed by atoms with E-state index >= 15 is 0 Å². The van der Waals surface area contributed by atoms with E-state index in [1.54, 1.807) is 30.0 Å². The number of benzene rings is 1. The molecule has 5 nitrogen and oxygen atoms in total. The lowest BCUT2D eigenvalue weighted by Crippen LogP contribution is -2.49. The van der Waals surface area contributed by atoms with Crippen LogP contribution in [-0.4, -0.2) is 42.6 Å². The second-order valence-corrected chi connectivity index (χ2v) is 6.37. The first-order valence-corrected chi connectivity index (χ1v) is 8.36. The van der Waals surface area contributed by atoms with E-state index in [0.717, 1.165) is 12.8 Å². The Bertz CT molecular complexity index is 568. The van der Waals surface area contributed by atoms with E-state index in [-0.39, 0.29) is 11.9 Å². The molecule has 1 atom stereocenters. The minimum Gasteiger partial charge on any atom is -0.450 e. The van der Waals surface area contributed by atoms with Crippen molar-refractivity contribution in [3.05, 3.63) is 33.3 Å². The average Bonchev–Trinajstić information content (AvgIpc) is 2.49. The SMILES string of the molecule is CCOC(=O)NC1CCCN(C(=O)c2cc(Cl)ccc2Br)C1. The van der Waals surface area contributed by atoms with E-state index < -0.39 is 6.09 Å². The minimum absolute atomic E-state index is 0.0882. The Kier molecular flexibility index (Phi) is 6.08. The average molecular weight is 390 g/mol. The largest absolute Gasteiger partial charge is 0.450 e. The third-order valence-electron chi connectivity index (χ3n) is 3.46. The number of halogens is 2. The van der Waals surface area contributed by atoms with Crippen LogP contribution in [0.2, 0.25) is 5.02 Å². The molecule has 1 aromatic rings. The van der Waals surface area contributed by atoms with Gasteiger partial charge in [0.25, 0.3) is 5.91 Å². The molecule has 1 aliphatic rings. The van der Waals surface area contributed by atoms with Crippen LogP contribution in [0.4, 0.5) is 4.79 Å². The number of hydrogen-bond acceptors (Lipinski definition) is 3. The summed E-state index contributed by atoms with van der Waals surface area (Å²) in [7, 11) is 0. The van der Waals surface area contributed by atoms with Crippen molar-refractivity contribution in [2.45, 2.75) is 25.8 Å². The van der Waals surface area contributed by atoms with Crippen LogP contribution in [0.15, 0.2) is 22.7 Å². The van der Waals surface area contributed by atoms with Crippen molar-refractivity contribution in [3.63, 3.8) is 0 Å². The molecule has 0 aromatic heterocycles. The number of piperidine rings is 1. The van der Waals surface area contributed by atoms with Crippen molar-refractivity contribution in [3.8, 4) is 0 Å². The maximum absolute atomic E-state index is 12.6. The molecule has 0 radical (unpaired) electrons. The van der Waals surface area contributed by atoms with Crippen molar-refractivity contribution in [1.29, 1.82) is 0 Å². The molecule has 1 unspecified atom stereocenters. The number of nitrogens with one attached hydrogen (secondary N) is 1. The molecule has 0 saturated carbocycles. The Balaban J connectivity index is 2.04. The predicted molar refractivity (Wildman–Crippen MR) is 88.2 cm³/mol. The fourth-order valence-electron chi connectivity index (χ4n) is 2.45. The van der Waals surface area contributed by atoms with Crippen molar-refractivity contribution in [2.24, 2.45) is 0 Å². The molecule has 2 rings (SSSR count). The number of likely N-dealkylation sites (tertiary alicyclic amines) is 1. The topological polar surface area (TPSA) is 58.6 Å². The van der Waals surface area contributed by atoms with Gasteiger partial charge in [-0.05, 0) is 53.9 Å². The van der Waals surface area contributed by atoms with Crippen LogP contribution >= 0.6 is 27.5 Å². The fraction of sp³-hybridized carbons (Fsp3) is 0.467. The number of amides is 2. The molecule has 1 fully saturated rings. The van der Waals surface area contributed by atoms with E-state index in [2.05, 4.69) is 21.2 Å². The summed E-state index contributed by atoms with van der Waals surface area (Å²) in [4.78, 5) is 25.9. The van der Waals surface area contributed by atoms with Gasteiger partial charge in [-0.1, -0.05) is 11.6 Å². The molecule has 0 spiro atoms. The summed E-state index contributed by atoms with van der Waals surface area (Å²) in [5.41, 5.74) is 0.532. The lowest BCUT2D eigenvalue weighted by molar-refractivity contribution is 0.0685. The number of rotatable bonds is 3. The number of hydrogen-bond donors (Lipinski definition) is 1. The molecule has 1 aromatic carbocycles. The zero-order valence-corrected chi connectivity index (χ0v) is 14.6. The zero-order chi connectivity index (χ0) is 16.1. The van der Waals surface area contributed by atoms with Crippen LogP contribution in [0.1, 0.15) is 30.1 Å². The lowest BCUT2D eigenvalue weighted by atomic mass is 10.0. The van der Waals surface area contributed by atoms with Crippen molar-refractivity contribution in [1.82, 2.24) is 10.2 Å². The Morgan fingerprint density at radius 1 is 1.50 bits per heavy atom. The number of carbonyl (C=O) groups excluding carboxylic acids is 2. The van der Waals surface area contributed by atoms with Crippen LogP contribution in [-0.2, 0) is 4.74 Å². The van der Waals surface area contributed by atoms with E-state index in [1.807, 2.05) is 0 Å². The summed E-state index contributed by atoms with van der Waals surface area (Å²) in [6, 6.07) is 5.04. The first-order chi connectivity index (χ1) is 10.5. The van der Waals surface area contributed by atoms with E-state index in [0.29, 0.717) is 34.8 Å². The van der Waals surface area contributed by atoms with E-state index in [9.17, 15) is 9.59 Å². The highest BCUT2D eigenvalue weighted by atomic mass is 79.9. The van der Waals surface area contributed by atoms with Gasteiger partial charge in [-0.3, -0.25) is 4.79 Å². The summed E-state index contributed by atoms with van der Waals surface area (Å²) in [5.74, 6) is -0.0928. The lowest BCUT2D eigenvalue weighted by Gasteiger charge is -2.33. The second kappa shape index (κ2) is 7.83. The molecule has 2 amide bonds. The molecule has 0 bridgehead atoms. The van der Waals surface area contributed by atoms with Gasteiger partial charge < -0.3 is 15.0 Å². The molecule has 1 saturated heterocycles. The molecule has 1 aliphatic heterocycles. The van der Waals surface area contributed by atoms with Gasteiger partial charge in [-0.15, -0.1) is 0 Å². The van der Waals surface area contributed by atoms with Gasteiger partial charge in [-0.2, -0.15) is 0 Å². The van der Waals surface area contributed by atoms with Gasteiger partial charge in [0.2, 0.25) is 0 Å². The maximum atomic E-state index is 12.6. The fourth-order valence-corrected chi connectivity index (χ4v) is 3.04. The summed E-state index contributed by atoms with van der Waals surface area (Å²) in [6.07, 6.45) is 1.23. The molecular formula is C15H18BrClN2O3. The van der Waals surface area contributed by atoms with Gasteiger partial charge in [0.1, 0.15) is 0 Å². The number of carbonyl (C=O) groups is 2. The zero-order valence-electron chi connectivity index (χ0n) is 12.3. The van der Waals surface area contributed by atoms with Crippen LogP contribution in [0.25, 0.3) is 0 Å². The Labute approximate surface area is 143 Å². The van der Waals surface area contributed by atoms with Gasteiger partial charge in [0.05, 0.1) is 12.2 Å². The highest BCUT2D eigenvalue weighted by Gasteiger charge is 2.26. The van der Waals surface area contributed by atoms with Crippen molar-refractivity contribution in [2.75, 3.05) is 19.7 Å². The van der Waals surface area contributed by atoms with Crippen LogP contribution in [0, 0.1) is 0 Å². The minimum atomic E-state index is -0.439. The second-order valence-electron chi connectivity index (χ2n) is 5.08. The molecule has 22 heavy (non-hydrogen) atoms. The molecular weight excluding hydrogens is 372 g/mol. The summed E-state index contributed by atoms with van der Waals surface area (Å²) < 4.78 is 5.59. The Hall–Kier alpha value is -1.27. The highest BCUT2D eigenvalue weighted by molar-refractivity contribution is 9.10. The third-order valence-corrected chi connectivity index (χ3v) is 4.39. The Morgan fingerprint density at radius 3 is 3.00 bits per heavy atom. The molecule has 120 valence electrons. The summed E-state index contributed by atoms with van der Waals surface area (Å²) in [5, 5.41) is 3.31. The first kappa shape index (κ1) is 17.1. The molecule has 7 heteroatoms. The summed E-state index contributed by atoms with van der Waals surface area (Å²) in [6.45, 7) is 3.22. The summed E-state index contributed by atoms with van der Waals surface area (Å²) >= 11 is 9.34. The molecule has 1 N–H and O–H groups in total. The quantitative estimate of drug-likeness (QED) is 0.861. The monoisotopic (exact) mass is 388 g/mol. The van der Waals surface area contributed by atoms with E-state index in [4.69, 9.17) is 16.3 Å². The number of alkyl carbamates (subject to hydrolysis) is 1. The first-order valence-electron chi connectivity index (χ1n) is 7.19. The van der Waals surface area contributed by atoms with Gasteiger partial charge in [0.15, 0.2) is 0 Å². The smallest absolute Gasteiger partial charge is 0.407 e. The van der Waals surface area contributed by atoms with Gasteiger partial charge >= 0.3 is 6.09 Å². The van der Waals surface area contributed by atoms with Crippen LogP contribution < -0.4 is 5.32 Å². The Morgan fingerprint density at radius 2 is 2.27 bits per heavy atom. The number of nitrogens with zero attached hydrogens (tertiary/aromatic N) is 1. The third kappa shape index (κ3) is 4.36.